The second-order valence-corrected chi connectivity index (χ2v) is 3.09. The van der Waals surface area contributed by atoms with E-state index in [1.807, 2.05) is 6.08 Å². The molecule has 1 radical (unpaired) electrons. The third-order valence-electron chi connectivity index (χ3n) is 1.91. The van der Waals surface area contributed by atoms with Gasteiger partial charge in [0.1, 0.15) is 0 Å². The van der Waals surface area contributed by atoms with Crippen LogP contribution in [0.4, 0.5) is 0 Å². The van der Waals surface area contributed by atoms with Gasteiger partial charge < -0.3 is 0 Å². The molecule has 0 aromatic rings. The minimum atomic E-state index is 1.04. The van der Waals surface area contributed by atoms with Crippen molar-refractivity contribution in [2.75, 3.05) is 0 Å². The van der Waals surface area contributed by atoms with Crippen molar-refractivity contribution in [2.45, 2.75) is 32.1 Å². The predicted molar refractivity (Wildman–Crippen MR) is 58.3 cm³/mol. The van der Waals surface area contributed by atoms with Gasteiger partial charge in [-0.3, -0.25) is 0 Å². The molecule has 1 aliphatic rings. The molecule has 0 aliphatic heterocycles. The summed E-state index contributed by atoms with van der Waals surface area (Å²) in [4.78, 5) is 0. The monoisotopic (exact) mass is 173 g/mol. The van der Waals surface area contributed by atoms with Crippen LogP contribution >= 0.6 is 0 Å². The Hall–Kier alpha value is -1.04. The van der Waals surface area contributed by atoms with E-state index < -0.39 is 0 Å². The molecule has 0 unspecified atom stereocenters. The van der Waals surface area contributed by atoms with E-state index in [1.54, 1.807) is 0 Å². The second-order valence-electron chi connectivity index (χ2n) is 3.09. The molecule has 0 spiro atoms. The summed E-state index contributed by atoms with van der Waals surface area (Å²) in [5, 5.41) is 0. The molecule has 69 valence electrons. The fourth-order valence-corrected chi connectivity index (χ4v) is 1.19. The average Bonchev–Trinajstić information content (AvgIpc) is 2.18. The molecule has 1 rings (SSSR count). The Morgan fingerprint density at radius 2 is 1.54 bits per heavy atom. The van der Waals surface area contributed by atoms with Crippen molar-refractivity contribution in [1.82, 2.24) is 0 Å². The van der Waals surface area contributed by atoms with Crippen molar-refractivity contribution in [2.24, 2.45) is 0 Å². The zero-order chi connectivity index (χ0) is 9.19. The van der Waals surface area contributed by atoms with Crippen LogP contribution in [0.25, 0.3) is 0 Å². The van der Waals surface area contributed by atoms with Gasteiger partial charge in [0.2, 0.25) is 0 Å². The van der Waals surface area contributed by atoms with E-state index in [2.05, 4.69) is 42.5 Å². The zero-order valence-corrected chi connectivity index (χ0v) is 8.08. The first-order chi connectivity index (χ1) is 6.50. The molecular formula is C13H17. The first-order valence-electron chi connectivity index (χ1n) is 5.02. The molecule has 0 heterocycles. The molecule has 0 amide bonds. The lowest BCUT2D eigenvalue weighted by atomic mass is 10.2. The molecule has 1 aliphatic carbocycles. The molecule has 0 aromatic carbocycles. The summed E-state index contributed by atoms with van der Waals surface area (Å²) in [7, 11) is 0. The van der Waals surface area contributed by atoms with Crippen LogP contribution in [0.5, 0.6) is 0 Å². The van der Waals surface area contributed by atoms with Crippen LogP contribution in [-0.4, -0.2) is 0 Å². The van der Waals surface area contributed by atoms with Gasteiger partial charge in [-0.05, 0) is 38.2 Å². The fourth-order valence-electron chi connectivity index (χ4n) is 1.19. The molecule has 0 saturated heterocycles. The van der Waals surface area contributed by atoms with Crippen LogP contribution in [0.2, 0.25) is 0 Å². The second kappa shape index (κ2) is 7.60. The summed E-state index contributed by atoms with van der Waals surface area (Å²) >= 11 is 0. The topological polar surface area (TPSA) is 0 Å². The maximum absolute atomic E-state index is 3.24. The van der Waals surface area contributed by atoms with E-state index in [-0.39, 0.29) is 0 Å². The van der Waals surface area contributed by atoms with E-state index in [9.17, 15) is 0 Å². The lowest BCUT2D eigenvalue weighted by Crippen LogP contribution is -1.67. The van der Waals surface area contributed by atoms with Gasteiger partial charge in [0.25, 0.3) is 0 Å². The third-order valence-corrected chi connectivity index (χ3v) is 1.91. The van der Waals surface area contributed by atoms with Crippen LogP contribution in [-0.2, 0) is 0 Å². The van der Waals surface area contributed by atoms with Gasteiger partial charge in [0, 0.05) is 0 Å². The Balaban J connectivity index is 2.38. The largest absolute Gasteiger partial charge is 0.0882 e. The van der Waals surface area contributed by atoms with E-state index in [4.69, 9.17) is 0 Å². The Labute approximate surface area is 81.4 Å². The van der Waals surface area contributed by atoms with E-state index >= 15 is 0 Å². The molecule has 0 bridgehead atoms. The van der Waals surface area contributed by atoms with Crippen molar-refractivity contribution in [1.29, 1.82) is 0 Å². The average molecular weight is 173 g/mol. The molecule has 0 N–H and O–H groups in total. The van der Waals surface area contributed by atoms with Crippen molar-refractivity contribution in [3.8, 4) is 0 Å². The first-order valence-corrected chi connectivity index (χ1v) is 5.02. The summed E-state index contributed by atoms with van der Waals surface area (Å²) in [6.45, 7) is 0. The normalized spacial score (nSPS) is 19.1. The van der Waals surface area contributed by atoms with Gasteiger partial charge in [-0.1, -0.05) is 42.5 Å². The van der Waals surface area contributed by atoms with Gasteiger partial charge in [-0.25, -0.2) is 0 Å². The molecular weight excluding hydrogens is 156 g/mol. The number of hydrogen-bond donors (Lipinski definition) is 0. The van der Waals surface area contributed by atoms with Crippen LogP contribution in [0.15, 0.2) is 42.5 Å². The highest BCUT2D eigenvalue weighted by atomic mass is 13.9. The molecule has 0 atom stereocenters. The molecule has 0 heteroatoms. The van der Waals surface area contributed by atoms with E-state index in [1.165, 1.54) is 12.8 Å². The minimum absolute atomic E-state index is 1.04. The number of hydrogen-bond acceptors (Lipinski definition) is 0. The molecule has 0 aromatic heterocycles. The Bertz CT molecular complexity index is 216. The van der Waals surface area contributed by atoms with Crippen LogP contribution in [0, 0.1) is 6.08 Å². The highest BCUT2D eigenvalue weighted by Crippen LogP contribution is 1.99. The van der Waals surface area contributed by atoms with Crippen LogP contribution < -0.4 is 0 Å². The summed E-state index contributed by atoms with van der Waals surface area (Å²) < 4.78 is 0. The number of rotatable bonds is 0. The molecule has 13 heavy (non-hydrogen) atoms. The van der Waals surface area contributed by atoms with Gasteiger partial charge in [-0.2, -0.15) is 0 Å². The quantitative estimate of drug-likeness (QED) is 0.486. The summed E-state index contributed by atoms with van der Waals surface area (Å²) in [5.74, 6) is 0. The number of allylic oxidation sites excluding steroid dienone is 8. The lowest BCUT2D eigenvalue weighted by molar-refractivity contribution is 0.991. The molecule has 0 nitrogen and oxygen atoms in total. The van der Waals surface area contributed by atoms with Crippen molar-refractivity contribution >= 4 is 0 Å². The fraction of sp³-hybridized carbons (Fsp3) is 0.385. The lowest BCUT2D eigenvalue weighted by Gasteiger charge is -1.86. The maximum Gasteiger partial charge on any atom is -0.0166 e. The Kier molecular flexibility index (Phi) is 5.87. The van der Waals surface area contributed by atoms with Gasteiger partial charge >= 0.3 is 0 Å². The molecule has 0 saturated carbocycles. The summed E-state index contributed by atoms with van der Waals surface area (Å²) in [5.41, 5.74) is 0. The predicted octanol–water partition coefficient (Wildman–Crippen LogP) is 3.98. The molecule has 0 fully saturated rings. The van der Waals surface area contributed by atoms with Crippen LogP contribution in [0.1, 0.15) is 32.1 Å². The first kappa shape index (κ1) is 10.0. The third kappa shape index (κ3) is 6.15. The van der Waals surface area contributed by atoms with Gasteiger partial charge in [-0.15, -0.1) is 0 Å². The van der Waals surface area contributed by atoms with Gasteiger partial charge in [0.05, 0.1) is 0 Å². The highest BCUT2D eigenvalue weighted by molar-refractivity contribution is 5.03. The Morgan fingerprint density at radius 3 is 2.46 bits per heavy atom. The standard InChI is InChI=1S/C13H17/c1-2-4-6-8-10-12-13-11-9-7-5-3-1/h1-3,6,8,11,13H,4,7,9-10,12H2. The van der Waals surface area contributed by atoms with Crippen molar-refractivity contribution < 1.29 is 0 Å². The van der Waals surface area contributed by atoms with E-state index in [0.717, 1.165) is 19.3 Å². The van der Waals surface area contributed by atoms with Crippen molar-refractivity contribution in [3.05, 3.63) is 48.6 Å². The summed E-state index contributed by atoms with van der Waals surface area (Å²) in [6.07, 6.45) is 24.0. The maximum atomic E-state index is 3.24. The SMILES string of the molecule is [C]1=CC=CCC=CCCC=CCC1. The Morgan fingerprint density at radius 1 is 0.769 bits per heavy atom. The zero-order valence-electron chi connectivity index (χ0n) is 8.08. The van der Waals surface area contributed by atoms with Crippen LogP contribution in [0.3, 0.4) is 0 Å². The highest BCUT2D eigenvalue weighted by Gasteiger charge is 1.80. The van der Waals surface area contributed by atoms with Gasteiger partial charge in [0.15, 0.2) is 0 Å². The minimum Gasteiger partial charge on any atom is -0.0882 e. The van der Waals surface area contributed by atoms with Crippen molar-refractivity contribution in [3.63, 3.8) is 0 Å². The van der Waals surface area contributed by atoms with E-state index in [0.29, 0.717) is 0 Å². The summed E-state index contributed by atoms with van der Waals surface area (Å²) in [6, 6.07) is 0. The smallest absolute Gasteiger partial charge is 0.0166 e.